The molecule has 0 spiro atoms. The molecule has 9 heteroatoms. The van der Waals surface area contributed by atoms with Crippen molar-refractivity contribution in [3.63, 3.8) is 0 Å². The first-order chi connectivity index (χ1) is 14.7. The highest BCUT2D eigenvalue weighted by Crippen LogP contribution is 2.27. The number of amides is 1. The Morgan fingerprint density at radius 1 is 1.27 bits per heavy atom. The van der Waals surface area contributed by atoms with Gasteiger partial charge in [-0.3, -0.25) is 9.89 Å². The molecule has 148 valence electrons. The summed E-state index contributed by atoms with van der Waals surface area (Å²) in [6.07, 6.45) is 3.20. The average molecular weight is 416 g/mol. The summed E-state index contributed by atoms with van der Waals surface area (Å²) in [6.45, 7) is 0. The van der Waals surface area contributed by atoms with E-state index in [-0.39, 0.29) is 17.0 Å². The van der Waals surface area contributed by atoms with E-state index < -0.39 is 0 Å². The fourth-order valence-corrected chi connectivity index (χ4v) is 3.79. The molecule has 1 amide bonds. The first kappa shape index (κ1) is 19.4. The number of benzene rings is 2. The maximum Gasteiger partial charge on any atom is 0.257 e. The van der Waals surface area contributed by atoms with Gasteiger partial charge in [0.2, 0.25) is 0 Å². The van der Waals surface area contributed by atoms with E-state index >= 15 is 0 Å². The van der Waals surface area contributed by atoms with Crippen LogP contribution in [0.25, 0.3) is 11.0 Å². The van der Waals surface area contributed by atoms with Crippen LogP contribution in [-0.4, -0.2) is 33.2 Å². The second-order valence-corrected chi connectivity index (χ2v) is 7.24. The molecule has 0 atom stereocenters. The number of carbonyl (C=O) groups excluding carboxylic acids is 1. The Morgan fingerprint density at radius 3 is 3.00 bits per heavy atom. The summed E-state index contributed by atoms with van der Waals surface area (Å²) >= 11 is 1.56. The minimum atomic E-state index is -0.369. The van der Waals surface area contributed by atoms with Gasteiger partial charge in [-0.2, -0.15) is 10.4 Å². The number of ether oxygens (including phenoxy) is 1. The smallest absolute Gasteiger partial charge is 0.257 e. The van der Waals surface area contributed by atoms with Gasteiger partial charge in [0.05, 0.1) is 35.9 Å². The number of hydrogen-bond donors (Lipinski definition) is 2. The maximum atomic E-state index is 12.7. The molecule has 0 saturated heterocycles. The molecular weight excluding hydrogens is 400 g/mol. The van der Waals surface area contributed by atoms with Crippen LogP contribution < -0.4 is 10.1 Å². The predicted molar refractivity (Wildman–Crippen MR) is 113 cm³/mol. The summed E-state index contributed by atoms with van der Waals surface area (Å²) in [4.78, 5) is 21.2. The second kappa shape index (κ2) is 8.63. The Bertz CT molecular complexity index is 1260. The summed E-state index contributed by atoms with van der Waals surface area (Å²) in [5, 5.41) is 20.7. The van der Waals surface area contributed by atoms with Crippen LogP contribution in [0, 0.1) is 11.3 Å². The van der Waals surface area contributed by atoms with Crippen LogP contribution in [0.4, 0.5) is 5.69 Å². The molecule has 0 saturated carbocycles. The molecule has 2 aromatic carbocycles. The van der Waals surface area contributed by atoms with Gasteiger partial charge in [-0.1, -0.05) is 12.1 Å². The monoisotopic (exact) mass is 416 g/mol. The molecule has 4 aromatic rings. The van der Waals surface area contributed by atoms with Crippen molar-refractivity contribution in [3.8, 4) is 11.8 Å². The van der Waals surface area contributed by atoms with Crippen LogP contribution >= 0.6 is 11.8 Å². The number of methoxy groups -OCH3 is 1. The summed E-state index contributed by atoms with van der Waals surface area (Å²) in [5.74, 6) is 0.801. The summed E-state index contributed by atoms with van der Waals surface area (Å²) in [7, 11) is 1.51. The van der Waals surface area contributed by atoms with Gasteiger partial charge in [-0.15, -0.1) is 11.8 Å². The number of nitriles is 1. The van der Waals surface area contributed by atoms with Crippen molar-refractivity contribution in [1.29, 1.82) is 5.26 Å². The molecule has 2 aromatic heterocycles. The van der Waals surface area contributed by atoms with Crippen molar-refractivity contribution in [2.75, 3.05) is 12.4 Å². The number of nitrogens with zero attached hydrogens (tertiary/aromatic N) is 4. The molecule has 0 radical (unpaired) electrons. The van der Waals surface area contributed by atoms with Gasteiger partial charge in [0.25, 0.3) is 5.91 Å². The fourth-order valence-electron chi connectivity index (χ4n) is 2.88. The van der Waals surface area contributed by atoms with E-state index in [1.165, 1.54) is 13.4 Å². The van der Waals surface area contributed by atoms with Crippen molar-refractivity contribution in [3.05, 3.63) is 71.7 Å². The zero-order valence-corrected chi connectivity index (χ0v) is 16.7. The second-order valence-electron chi connectivity index (χ2n) is 6.28. The topological polar surface area (TPSA) is 117 Å². The number of hydrogen-bond acceptors (Lipinski definition) is 7. The van der Waals surface area contributed by atoms with Crippen LogP contribution in [-0.2, 0) is 5.75 Å². The Labute approximate surface area is 176 Å². The number of carbonyl (C=O) groups is 1. The van der Waals surface area contributed by atoms with Crippen LogP contribution in [0.3, 0.4) is 0 Å². The van der Waals surface area contributed by atoms with Gasteiger partial charge >= 0.3 is 0 Å². The number of fused-ring (bicyclic) bond motifs is 1. The van der Waals surface area contributed by atoms with Gasteiger partial charge in [-0.05, 0) is 35.9 Å². The lowest BCUT2D eigenvalue weighted by Gasteiger charge is -2.10. The normalized spacial score (nSPS) is 10.5. The molecule has 0 aliphatic rings. The van der Waals surface area contributed by atoms with E-state index in [1.807, 2.05) is 24.3 Å². The Hall–Kier alpha value is -3.90. The zero-order chi connectivity index (χ0) is 20.9. The Kier molecular flexibility index (Phi) is 5.59. The molecule has 2 heterocycles. The quantitative estimate of drug-likeness (QED) is 0.363. The summed E-state index contributed by atoms with van der Waals surface area (Å²) in [5.41, 5.74) is 2.90. The minimum absolute atomic E-state index is 0.264. The molecule has 0 aliphatic carbocycles. The van der Waals surface area contributed by atoms with E-state index in [1.54, 1.807) is 42.2 Å². The third kappa shape index (κ3) is 4.09. The molecule has 0 aliphatic heterocycles. The summed E-state index contributed by atoms with van der Waals surface area (Å²) in [6, 6.07) is 14.4. The van der Waals surface area contributed by atoms with Crippen molar-refractivity contribution >= 4 is 34.4 Å². The largest absolute Gasteiger partial charge is 0.497 e. The highest BCUT2D eigenvalue weighted by Gasteiger charge is 2.14. The number of aromatic nitrogens is 4. The van der Waals surface area contributed by atoms with E-state index in [9.17, 15) is 10.1 Å². The van der Waals surface area contributed by atoms with Gasteiger partial charge in [0.15, 0.2) is 5.65 Å². The number of nitrogens with one attached hydrogen (secondary N) is 2. The molecule has 2 N–H and O–H groups in total. The average Bonchev–Trinajstić information content (AvgIpc) is 3.27. The number of anilines is 1. The molecule has 4 rings (SSSR count). The van der Waals surface area contributed by atoms with E-state index in [4.69, 9.17) is 4.74 Å². The van der Waals surface area contributed by atoms with Crippen molar-refractivity contribution < 1.29 is 9.53 Å². The first-order valence-electron chi connectivity index (χ1n) is 8.93. The van der Waals surface area contributed by atoms with Crippen molar-refractivity contribution in [2.45, 2.75) is 10.8 Å². The van der Waals surface area contributed by atoms with Gasteiger partial charge in [-0.25, -0.2) is 9.97 Å². The SMILES string of the molecule is COc1ccc(C#N)c(C(=O)Nc2cccc(CSc3ncnc4[nH]ncc34)c2)c1. The molecule has 30 heavy (non-hydrogen) atoms. The van der Waals surface area contributed by atoms with Gasteiger partial charge in [0, 0.05) is 11.4 Å². The molecule has 0 unspecified atom stereocenters. The highest BCUT2D eigenvalue weighted by atomic mass is 32.2. The van der Waals surface area contributed by atoms with Crippen molar-refractivity contribution in [2.24, 2.45) is 0 Å². The van der Waals surface area contributed by atoms with Gasteiger partial charge in [0.1, 0.15) is 17.1 Å². The maximum absolute atomic E-state index is 12.7. The summed E-state index contributed by atoms with van der Waals surface area (Å²) < 4.78 is 5.16. The molecule has 0 fully saturated rings. The lowest BCUT2D eigenvalue weighted by atomic mass is 10.1. The number of thioether (sulfide) groups is 1. The standard InChI is InChI=1S/C21H16N6O2S/c1-29-16-6-5-14(9-22)17(8-16)20(28)26-15-4-2-3-13(7-15)11-30-21-18-10-25-27-19(18)23-12-24-21/h2-8,10,12H,11H2,1H3,(H,26,28)(H,23,24,25,27). The fraction of sp³-hybridized carbons (Fsp3) is 0.0952. The first-order valence-corrected chi connectivity index (χ1v) is 9.92. The van der Waals surface area contributed by atoms with Crippen LogP contribution in [0.15, 0.2) is 60.0 Å². The lowest BCUT2D eigenvalue weighted by Crippen LogP contribution is -2.14. The molecule has 8 nitrogen and oxygen atoms in total. The Morgan fingerprint density at radius 2 is 2.17 bits per heavy atom. The van der Waals surface area contributed by atoms with E-state index in [2.05, 4.69) is 25.5 Å². The van der Waals surface area contributed by atoms with Crippen LogP contribution in [0.1, 0.15) is 21.5 Å². The molecular formula is C21H16N6O2S. The zero-order valence-electron chi connectivity index (χ0n) is 15.9. The minimum Gasteiger partial charge on any atom is -0.497 e. The van der Waals surface area contributed by atoms with Crippen molar-refractivity contribution in [1.82, 2.24) is 20.2 Å². The molecule has 0 bridgehead atoms. The van der Waals surface area contributed by atoms with E-state index in [0.717, 1.165) is 16.0 Å². The van der Waals surface area contributed by atoms with Crippen LogP contribution in [0.5, 0.6) is 5.75 Å². The lowest BCUT2D eigenvalue weighted by molar-refractivity contribution is 0.102. The predicted octanol–water partition coefficient (Wildman–Crippen LogP) is 3.78. The number of rotatable bonds is 6. The Balaban J connectivity index is 1.49. The van der Waals surface area contributed by atoms with Gasteiger partial charge < -0.3 is 10.1 Å². The third-order valence-electron chi connectivity index (χ3n) is 4.36. The number of aromatic amines is 1. The van der Waals surface area contributed by atoms with Crippen LogP contribution in [0.2, 0.25) is 0 Å². The third-order valence-corrected chi connectivity index (χ3v) is 5.44. The highest BCUT2D eigenvalue weighted by molar-refractivity contribution is 7.98. The van der Waals surface area contributed by atoms with E-state index in [0.29, 0.717) is 22.8 Å². The number of H-pyrrole nitrogens is 1.